The van der Waals surface area contributed by atoms with Crippen LogP contribution in [0.1, 0.15) is 51.0 Å². The molecule has 0 spiro atoms. The lowest BCUT2D eigenvalue weighted by molar-refractivity contribution is -0.117. The van der Waals surface area contributed by atoms with Crippen LogP contribution < -0.4 is 14.5 Å². The van der Waals surface area contributed by atoms with E-state index in [-0.39, 0.29) is 17.8 Å². The lowest BCUT2D eigenvalue weighted by Gasteiger charge is -2.24. The van der Waals surface area contributed by atoms with E-state index in [0.717, 1.165) is 54.9 Å². The molecule has 4 rings (SSSR count). The van der Waals surface area contributed by atoms with Gasteiger partial charge in [-0.05, 0) is 49.4 Å². The van der Waals surface area contributed by atoms with Gasteiger partial charge in [0.25, 0.3) is 0 Å². The first kappa shape index (κ1) is 21.0. The van der Waals surface area contributed by atoms with Crippen molar-refractivity contribution in [1.29, 1.82) is 0 Å². The fourth-order valence-electron chi connectivity index (χ4n) is 4.48. The Morgan fingerprint density at radius 1 is 1.17 bits per heavy atom. The second-order valence-electron chi connectivity index (χ2n) is 8.51. The number of halogens is 1. The number of pyridine rings is 1. The van der Waals surface area contributed by atoms with Gasteiger partial charge in [0.05, 0.1) is 12.2 Å². The van der Waals surface area contributed by atoms with Crippen molar-refractivity contribution < 1.29 is 9.53 Å². The van der Waals surface area contributed by atoms with E-state index in [2.05, 4.69) is 33.8 Å². The van der Waals surface area contributed by atoms with Crippen molar-refractivity contribution in [3.05, 3.63) is 47.1 Å². The van der Waals surface area contributed by atoms with Crippen molar-refractivity contribution in [2.75, 3.05) is 36.0 Å². The van der Waals surface area contributed by atoms with Crippen molar-refractivity contribution in [1.82, 2.24) is 4.98 Å². The largest absolute Gasteiger partial charge is 0.489 e. The Morgan fingerprint density at radius 2 is 1.90 bits per heavy atom. The van der Waals surface area contributed by atoms with Crippen LogP contribution in [0.4, 0.5) is 11.5 Å². The van der Waals surface area contributed by atoms with E-state index in [9.17, 15) is 4.79 Å². The molecular weight excluding hydrogens is 398 g/mol. The molecule has 0 N–H and O–H groups in total. The van der Waals surface area contributed by atoms with Gasteiger partial charge in [-0.1, -0.05) is 30.7 Å². The lowest BCUT2D eigenvalue weighted by atomic mass is 9.96. The van der Waals surface area contributed by atoms with Crippen LogP contribution in [0.15, 0.2) is 36.5 Å². The third-order valence-electron chi connectivity index (χ3n) is 6.09. The monoisotopic (exact) mass is 427 g/mol. The highest BCUT2D eigenvalue weighted by atomic mass is 35.5. The van der Waals surface area contributed by atoms with Gasteiger partial charge in [0, 0.05) is 38.7 Å². The zero-order chi connectivity index (χ0) is 21.1. The molecule has 0 radical (unpaired) electrons. The summed E-state index contributed by atoms with van der Waals surface area (Å²) in [4.78, 5) is 20.5. The highest BCUT2D eigenvalue weighted by molar-refractivity contribution is 6.35. The Hall–Kier alpha value is -2.27. The first-order chi connectivity index (χ1) is 14.5. The van der Waals surface area contributed by atoms with Gasteiger partial charge in [-0.15, -0.1) is 0 Å². The summed E-state index contributed by atoms with van der Waals surface area (Å²) < 4.78 is 6.24. The zero-order valence-electron chi connectivity index (χ0n) is 17.8. The Kier molecular flexibility index (Phi) is 6.47. The number of ether oxygens (including phenoxy) is 1. The normalized spacial score (nSPS) is 19.9. The van der Waals surface area contributed by atoms with E-state index >= 15 is 0 Å². The second kappa shape index (κ2) is 9.25. The molecular formula is C24H30ClN3O2. The molecule has 2 aliphatic rings. The van der Waals surface area contributed by atoms with Crippen LogP contribution >= 0.6 is 11.6 Å². The number of ketones is 1. The van der Waals surface area contributed by atoms with Gasteiger partial charge in [-0.3, -0.25) is 0 Å². The van der Waals surface area contributed by atoms with Crippen molar-refractivity contribution in [2.45, 2.75) is 51.6 Å². The highest BCUT2D eigenvalue weighted by Crippen LogP contribution is 2.36. The summed E-state index contributed by atoms with van der Waals surface area (Å²) in [6, 6.07) is 10.2. The summed E-state index contributed by atoms with van der Waals surface area (Å²) in [5.41, 5.74) is 2.22. The molecule has 3 heterocycles. The van der Waals surface area contributed by atoms with Crippen molar-refractivity contribution in [3.8, 4) is 5.75 Å². The number of carbonyl (C=O) groups excluding carboxylic acids is 1. The Balaban J connectivity index is 1.38. The van der Waals surface area contributed by atoms with Gasteiger partial charge in [-0.25, -0.2) is 4.98 Å². The molecule has 2 saturated heterocycles. The molecule has 160 valence electrons. The van der Waals surface area contributed by atoms with E-state index in [4.69, 9.17) is 16.3 Å². The number of carbonyl (C=O) groups is 1. The molecule has 6 heteroatoms. The van der Waals surface area contributed by atoms with Crippen molar-refractivity contribution in [2.24, 2.45) is 0 Å². The maximum absolute atomic E-state index is 11.3. The molecule has 0 bridgehead atoms. The summed E-state index contributed by atoms with van der Waals surface area (Å²) in [7, 11) is 0. The summed E-state index contributed by atoms with van der Waals surface area (Å²) in [6.07, 6.45) is 5.93. The minimum atomic E-state index is 0.130. The molecule has 2 fully saturated rings. The fourth-order valence-corrected chi connectivity index (χ4v) is 4.83. The first-order valence-electron chi connectivity index (χ1n) is 10.9. The summed E-state index contributed by atoms with van der Waals surface area (Å²) >= 11 is 6.75. The van der Waals surface area contributed by atoms with Gasteiger partial charge in [0.2, 0.25) is 0 Å². The van der Waals surface area contributed by atoms with E-state index < -0.39 is 0 Å². The highest BCUT2D eigenvalue weighted by Gasteiger charge is 2.28. The number of rotatable bonds is 7. The number of Topliss-reactive ketones (excluding diaryl/α,β-unsaturated/α-hetero) is 1. The molecule has 0 unspecified atom stereocenters. The van der Waals surface area contributed by atoms with Crippen LogP contribution in [0.3, 0.4) is 0 Å². The van der Waals surface area contributed by atoms with Crippen LogP contribution in [0.5, 0.6) is 5.75 Å². The van der Waals surface area contributed by atoms with E-state index in [1.54, 1.807) is 6.92 Å². The molecule has 5 nitrogen and oxygen atoms in total. The first-order valence-corrected chi connectivity index (χ1v) is 11.3. The third-order valence-corrected chi connectivity index (χ3v) is 6.45. The SMILES string of the molecule is CC(=O)C[C@@H](C)c1ccc(O[C@@H]2CCN(c3ccnc(N4CCCC4)c3Cl)C2)cc1. The van der Waals surface area contributed by atoms with E-state index in [1.807, 2.05) is 24.4 Å². The standard InChI is InChI=1S/C24H30ClN3O2/c1-17(15-18(2)29)19-5-7-20(8-6-19)30-21-10-14-28(16-21)22-9-11-26-24(23(22)25)27-12-3-4-13-27/h5-9,11,17,21H,3-4,10,12-16H2,1-2H3/t17-,21-/m1/s1. The maximum atomic E-state index is 11.3. The van der Waals surface area contributed by atoms with Crippen LogP contribution in [0, 0.1) is 0 Å². The second-order valence-corrected chi connectivity index (χ2v) is 8.89. The van der Waals surface area contributed by atoms with E-state index in [1.165, 1.54) is 18.4 Å². The van der Waals surface area contributed by atoms with Crippen molar-refractivity contribution >= 4 is 28.9 Å². The molecule has 2 atom stereocenters. The third kappa shape index (κ3) is 4.72. The van der Waals surface area contributed by atoms with E-state index in [0.29, 0.717) is 6.42 Å². The molecule has 0 aliphatic carbocycles. The van der Waals surface area contributed by atoms with Gasteiger partial charge >= 0.3 is 0 Å². The van der Waals surface area contributed by atoms with Crippen molar-refractivity contribution in [3.63, 3.8) is 0 Å². The average molecular weight is 428 g/mol. The maximum Gasteiger partial charge on any atom is 0.149 e. The molecule has 1 aromatic carbocycles. The molecule has 1 aromatic heterocycles. The summed E-state index contributed by atoms with van der Waals surface area (Å²) in [5.74, 6) is 2.24. The van der Waals surface area contributed by atoms with Crippen LogP contribution in [-0.4, -0.2) is 43.1 Å². The summed E-state index contributed by atoms with van der Waals surface area (Å²) in [6.45, 7) is 7.52. The van der Waals surface area contributed by atoms with Gasteiger partial charge < -0.3 is 19.3 Å². The smallest absolute Gasteiger partial charge is 0.149 e. The molecule has 0 saturated carbocycles. The Morgan fingerprint density at radius 3 is 2.60 bits per heavy atom. The molecule has 2 aliphatic heterocycles. The number of hydrogen-bond donors (Lipinski definition) is 0. The zero-order valence-corrected chi connectivity index (χ0v) is 18.6. The average Bonchev–Trinajstić information content (AvgIpc) is 3.40. The Bertz CT molecular complexity index is 881. The number of aromatic nitrogens is 1. The molecule has 2 aromatic rings. The Labute approximate surface area is 184 Å². The predicted octanol–water partition coefficient (Wildman–Crippen LogP) is 5.08. The minimum Gasteiger partial charge on any atom is -0.489 e. The number of hydrogen-bond acceptors (Lipinski definition) is 5. The lowest BCUT2D eigenvalue weighted by Crippen LogP contribution is -2.26. The molecule has 30 heavy (non-hydrogen) atoms. The topological polar surface area (TPSA) is 45.7 Å². The summed E-state index contributed by atoms with van der Waals surface area (Å²) in [5, 5.41) is 0.754. The van der Waals surface area contributed by atoms with Crippen LogP contribution in [0.25, 0.3) is 0 Å². The van der Waals surface area contributed by atoms with Crippen LogP contribution in [0.2, 0.25) is 5.02 Å². The fraction of sp³-hybridized carbons (Fsp3) is 0.500. The number of nitrogens with zero attached hydrogens (tertiary/aromatic N) is 3. The van der Waals surface area contributed by atoms with Gasteiger partial charge in [0.1, 0.15) is 28.5 Å². The molecule has 0 amide bonds. The van der Waals surface area contributed by atoms with Gasteiger partial charge in [-0.2, -0.15) is 0 Å². The quantitative estimate of drug-likeness (QED) is 0.616. The minimum absolute atomic E-state index is 0.130. The van der Waals surface area contributed by atoms with Crippen LogP contribution in [-0.2, 0) is 4.79 Å². The predicted molar refractivity (Wildman–Crippen MR) is 122 cm³/mol. The van der Waals surface area contributed by atoms with Gasteiger partial charge in [0.15, 0.2) is 0 Å². The number of benzene rings is 1. The number of anilines is 2.